The second-order valence-corrected chi connectivity index (χ2v) is 3.50. The van der Waals surface area contributed by atoms with Gasteiger partial charge in [-0.25, -0.2) is 4.79 Å². The van der Waals surface area contributed by atoms with Crippen molar-refractivity contribution in [1.82, 2.24) is 0 Å². The smallest absolute Gasteiger partial charge is 0.338 e. The fourth-order valence-electron chi connectivity index (χ4n) is 1.73. The number of carbonyl (C=O) groups is 1. The van der Waals surface area contributed by atoms with Crippen molar-refractivity contribution in [3.05, 3.63) is 32.9 Å². The lowest BCUT2D eigenvalue weighted by molar-refractivity contribution is -0.385. The maximum Gasteiger partial charge on any atom is 0.338 e. The van der Waals surface area contributed by atoms with E-state index in [-0.39, 0.29) is 16.8 Å². The van der Waals surface area contributed by atoms with Crippen LogP contribution >= 0.6 is 0 Å². The molecule has 7 nitrogen and oxygen atoms in total. The largest absolute Gasteiger partial charge is 0.465 e. The number of benzene rings is 1. The van der Waals surface area contributed by atoms with E-state index in [0.29, 0.717) is 11.3 Å². The molecule has 1 aromatic carbocycles. The van der Waals surface area contributed by atoms with Crippen LogP contribution < -0.4 is 5.32 Å². The molecule has 0 aromatic heterocycles. The summed E-state index contributed by atoms with van der Waals surface area (Å²) in [6.45, 7) is 1.63. The van der Waals surface area contributed by atoms with Crippen LogP contribution in [0.5, 0.6) is 0 Å². The van der Waals surface area contributed by atoms with E-state index in [9.17, 15) is 14.9 Å². The minimum atomic E-state index is -0.649. The van der Waals surface area contributed by atoms with Gasteiger partial charge in [-0.1, -0.05) is 0 Å². The molecule has 0 amide bonds. The van der Waals surface area contributed by atoms with E-state index in [0.717, 1.165) is 12.3 Å². The normalized spacial score (nSPS) is 9.72. The van der Waals surface area contributed by atoms with E-state index in [1.54, 1.807) is 14.0 Å². The number of nitro benzene ring substituents is 1. The molecule has 2 N–H and O–H groups in total. The van der Waals surface area contributed by atoms with Gasteiger partial charge in [0.05, 0.1) is 28.8 Å². The fourth-order valence-corrected chi connectivity index (χ4v) is 1.73. The van der Waals surface area contributed by atoms with Gasteiger partial charge in [0.15, 0.2) is 0 Å². The van der Waals surface area contributed by atoms with Crippen LogP contribution in [0.2, 0.25) is 0 Å². The van der Waals surface area contributed by atoms with E-state index < -0.39 is 10.9 Å². The van der Waals surface area contributed by atoms with Crippen molar-refractivity contribution in [2.45, 2.75) is 6.92 Å². The van der Waals surface area contributed by atoms with Crippen LogP contribution in [0.25, 0.3) is 0 Å². The summed E-state index contributed by atoms with van der Waals surface area (Å²) in [5.74, 6) is -0.649. The number of ether oxygens (including phenoxy) is 1. The molecule has 0 aliphatic carbocycles. The average Bonchev–Trinajstić information content (AvgIpc) is 2.36. The Balaban J connectivity index is 3.69. The molecule has 0 fully saturated rings. The highest BCUT2D eigenvalue weighted by molar-refractivity contribution is 6.00. The van der Waals surface area contributed by atoms with Crippen LogP contribution in [0.1, 0.15) is 21.5 Å². The highest BCUT2D eigenvalue weighted by Crippen LogP contribution is 2.31. The molecule has 96 valence electrons. The van der Waals surface area contributed by atoms with Crippen LogP contribution in [-0.4, -0.2) is 31.3 Å². The number of rotatable bonds is 4. The molecule has 0 unspecified atom stereocenters. The number of nitrogens with one attached hydrogen (secondary N) is 2. The summed E-state index contributed by atoms with van der Waals surface area (Å²) in [7, 11) is 2.78. The zero-order chi connectivity index (χ0) is 13.9. The van der Waals surface area contributed by atoms with Gasteiger partial charge < -0.3 is 15.5 Å². The average molecular weight is 251 g/mol. The molecule has 0 saturated heterocycles. The van der Waals surface area contributed by atoms with Crippen molar-refractivity contribution in [2.75, 3.05) is 19.5 Å². The topological polar surface area (TPSA) is 105 Å². The molecule has 7 heteroatoms. The Hall–Kier alpha value is -2.44. The first-order chi connectivity index (χ1) is 8.47. The minimum Gasteiger partial charge on any atom is -0.465 e. The lowest BCUT2D eigenvalue weighted by atomic mass is 10.00. The van der Waals surface area contributed by atoms with Gasteiger partial charge in [0.25, 0.3) is 5.69 Å². The summed E-state index contributed by atoms with van der Waals surface area (Å²) in [6, 6.07) is 1.13. The Kier molecular flexibility index (Phi) is 3.98. The molecular weight excluding hydrogens is 238 g/mol. The van der Waals surface area contributed by atoms with Gasteiger partial charge in [-0.15, -0.1) is 0 Å². The maximum absolute atomic E-state index is 11.5. The van der Waals surface area contributed by atoms with Crippen LogP contribution in [0.15, 0.2) is 6.07 Å². The molecule has 18 heavy (non-hydrogen) atoms. The molecule has 0 spiro atoms. The quantitative estimate of drug-likeness (QED) is 0.367. The predicted octanol–water partition coefficient (Wildman–Crippen LogP) is 1.73. The molecule has 0 radical (unpaired) electrons. The number of hydrogen-bond acceptors (Lipinski definition) is 6. The molecule has 1 aromatic rings. The third-order valence-electron chi connectivity index (χ3n) is 2.60. The number of anilines is 1. The summed E-state index contributed by atoms with van der Waals surface area (Å²) in [5.41, 5.74) is 0.820. The highest BCUT2D eigenvalue weighted by atomic mass is 16.6. The van der Waals surface area contributed by atoms with Crippen LogP contribution in [-0.2, 0) is 4.74 Å². The Morgan fingerprint density at radius 3 is 2.61 bits per heavy atom. The first-order valence-corrected chi connectivity index (χ1v) is 5.06. The molecule has 0 aliphatic heterocycles. The monoisotopic (exact) mass is 251 g/mol. The number of carbonyl (C=O) groups excluding carboxylic acids is 1. The first kappa shape index (κ1) is 13.6. The summed E-state index contributed by atoms with van der Waals surface area (Å²) >= 11 is 0. The second kappa shape index (κ2) is 5.26. The van der Waals surface area contributed by atoms with Gasteiger partial charge in [0, 0.05) is 19.3 Å². The Bertz CT molecular complexity index is 526. The van der Waals surface area contributed by atoms with E-state index in [2.05, 4.69) is 10.1 Å². The van der Waals surface area contributed by atoms with Gasteiger partial charge in [0.1, 0.15) is 0 Å². The fraction of sp³-hybridized carbons (Fsp3) is 0.273. The summed E-state index contributed by atoms with van der Waals surface area (Å²) in [4.78, 5) is 21.9. The van der Waals surface area contributed by atoms with Crippen molar-refractivity contribution in [3.8, 4) is 0 Å². The molecule has 0 bridgehead atoms. The van der Waals surface area contributed by atoms with E-state index in [1.807, 2.05) is 0 Å². The molecular formula is C11H13N3O4. The molecule has 0 heterocycles. The van der Waals surface area contributed by atoms with Crippen LogP contribution in [0, 0.1) is 22.4 Å². The van der Waals surface area contributed by atoms with Gasteiger partial charge in [-0.3, -0.25) is 10.1 Å². The standard InChI is InChI=1S/C11H13N3O4/c1-6-7(11(15)18-3)4-9(14(16)17)8(5-12)10(6)13-2/h4-5,12-13H,1-3H3. The maximum atomic E-state index is 11.5. The SMILES string of the molecule is CNc1c(C)c(C(=O)OC)cc([N+](=O)[O-])c1C=N. The first-order valence-electron chi connectivity index (χ1n) is 5.06. The van der Waals surface area contributed by atoms with Crippen molar-refractivity contribution in [3.63, 3.8) is 0 Å². The van der Waals surface area contributed by atoms with Gasteiger partial charge in [-0.2, -0.15) is 0 Å². The predicted molar refractivity (Wildman–Crippen MR) is 66.6 cm³/mol. The third-order valence-corrected chi connectivity index (χ3v) is 2.60. The minimum absolute atomic E-state index is 0.110. The zero-order valence-corrected chi connectivity index (χ0v) is 10.2. The lowest BCUT2D eigenvalue weighted by Crippen LogP contribution is -2.10. The van der Waals surface area contributed by atoms with Crippen molar-refractivity contribution < 1.29 is 14.5 Å². The number of nitrogens with zero attached hydrogens (tertiary/aromatic N) is 1. The Labute approximate surface area is 103 Å². The molecule has 0 saturated carbocycles. The molecule has 0 atom stereocenters. The number of nitro groups is 1. The summed E-state index contributed by atoms with van der Waals surface area (Å²) in [5, 5.41) is 21.0. The van der Waals surface area contributed by atoms with Gasteiger partial charge in [-0.05, 0) is 12.5 Å². The van der Waals surface area contributed by atoms with Crippen molar-refractivity contribution in [1.29, 1.82) is 5.41 Å². The Morgan fingerprint density at radius 1 is 1.61 bits per heavy atom. The number of methoxy groups -OCH3 is 1. The van der Waals surface area contributed by atoms with E-state index >= 15 is 0 Å². The van der Waals surface area contributed by atoms with Crippen LogP contribution in [0.4, 0.5) is 11.4 Å². The highest BCUT2D eigenvalue weighted by Gasteiger charge is 2.24. The zero-order valence-electron chi connectivity index (χ0n) is 10.2. The van der Waals surface area contributed by atoms with E-state index in [4.69, 9.17) is 5.41 Å². The summed E-state index contributed by atoms with van der Waals surface area (Å²) < 4.78 is 4.58. The van der Waals surface area contributed by atoms with E-state index in [1.165, 1.54) is 7.11 Å². The number of esters is 1. The van der Waals surface area contributed by atoms with Crippen molar-refractivity contribution >= 4 is 23.6 Å². The summed E-state index contributed by atoms with van der Waals surface area (Å²) in [6.07, 6.45) is 0.887. The lowest BCUT2D eigenvalue weighted by Gasteiger charge is -2.13. The third kappa shape index (κ3) is 2.15. The van der Waals surface area contributed by atoms with Gasteiger partial charge >= 0.3 is 5.97 Å². The van der Waals surface area contributed by atoms with Crippen molar-refractivity contribution in [2.24, 2.45) is 0 Å². The van der Waals surface area contributed by atoms with Crippen LogP contribution in [0.3, 0.4) is 0 Å². The molecule has 0 aliphatic rings. The van der Waals surface area contributed by atoms with Gasteiger partial charge in [0.2, 0.25) is 0 Å². The Morgan fingerprint density at radius 2 is 2.22 bits per heavy atom. The molecule has 1 rings (SSSR count). The second-order valence-electron chi connectivity index (χ2n) is 3.50. The number of hydrogen-bond donors (Lipinski definition) is 2.